The number of aromatic nitrogens is 2. The van der Waals surface area contributed by atoms with Crippen molar-refractivity contribution in [3.63, 3.8) is 0 Å². The van der Waals surface area contributed by atoms with Crippen LogP contribution in [0.15, 0.2) is 53.0 Å². The van der Waals surface area contributed by atoms with Crippen LogP contribution in [0.4, 0.5) is 0 Å². The highest BCUT2D eigenvalue weighted by Gasteiger charge is 2.20. The highest BCUT2D eigenvalue weighted by atomic mass is 16.5. The van der Waals surface area contributed by atoms with E-state index in [1.54, 1.807) is 12.1 Å². The molecule has 0 aliphatic carbocycles. The molecule has 9 heteroatoms. The number of aromatic hydroxyl groups is 2. The summed E-state index contributed by atoms with van der Waals surface area (Å²) in [6.07, 6.45) is 5.59. The summed E-state index contributed by atoms with van der Waals surface area (Å²) in [5, 5.41) is 28.9. The average molecular weight is 422 g/mol. The van der Waals surface area contributed by atoms with E-state index < -0.39 is 11.8 Å². The highest BCUT2D eigenvalue weighted by Crippen LogP contribution is 2.37. The van der Waals surface area contributed by atoms with Crippen molar-refractivity contribution in [3.05, 3.63) is 53.9 Å². The largest absolute Gasteiger partial charge is 0.494 e. The first-order valence-corrected chi connectivity index (χ1v) is 10.1. The molecule has 3 heterocycles. The normalized spacial score (nSPS) is 15.0. The summed E-state index contributed by atoms with van der Waals surface area (Å²) in [6.45, 7) is 1.93. The van der Waals surface area contributed by atoms with Gasteiger partial charge < -0.3 is 14.9 Å². The first-order valence-electron chi connectivity index (χ1n) is 10.1. The van der Waals surface area contributed by atoms with Crippen LogP contribution >= 0.6 is 0 Å². The van der Waals surface area contributed by atoms with Gasteiger partial charge in [-0.25, -0.2) is 0 Å². The number of pyridine rings is 1. The Kier molecular flexibility index (Phi) is 6.03. The maximum atomic E-state index is 12.4. The fourth-order valence-corrected chi connectivity index (χ4v) is 3.70. The molecule has 3 aromatic rings. The van der Waals surface area contributed by atoms with Gasteiger partial charge in [0.05, 0.1) is 5.56 Å². The summed E-state index contributed by atoms with van der Waals surface area (Å²) in [4.78, 5) is 28.2. The Morgan fingerprint density at radius 3 is 2.45 bits per heavy atom. The van der Waals surface area contributed by atoms with Crippen LogP contribution in [0.25, 0.3) is 10.8 Å². The van der Waals surface area contributed by atoms with Crippen molar-refractivity contribution in [1.29, 1.82) is 0 Å². The van der Waals surface area contributed by atoms with Crippen LogP contribution < -0.4 is 0 Å². The van der Waals surface area contributed by atoms with Crippen molar-refractivity contribution in [2.75, 3.05) is 13.2 Å². The molecule has 160 valence electrons. The van der Waals surface area contributed by atoms with Crippen LogP contribution in [0.3, 0.4) is 0 Å². The van der Waals surface area contributed by atoms with Gasteiger partial charge in [-0.2, -0.15) is 0 Å². The van der Waals surface area contributed by atoms with Gasteiger partial charge in [-0.1, -0.05) is 0 Å². The van der Waals surface area contributed by atoms with Gasteiger partial charge in [0.1, 0.15) is 0 Å². The van der Waals surface area contributed by atoms with Crippen molar-refractivity contribution in [2.45, 2.75) is 25.8 Å². The Hall–Kier alpha value is -3.59. The monoisotopic (exact) mass is 422 g/mol. The van der Waals surface area contributed by atoms with Gasteiger partial charge in [-0.3, -0.25) is 19.1 Å². The van der Waals surface area contributed by atoms with E-state index in [4.69, 9.17) is 4.74 Å². The molecular formula is C22H22N4O5. The summed E-state index contributed by atoms with van der Waals surface area (Å²) in [5.74, 6) is -1.09. The van der Waals surface area contributed by atoms with Gasteiger partial charge in [0.15, 0.2) is 0 Å². The molecule has 1 fully saturated rings. The van der Waals surface area contributed by atoms with E-state index in [1.807, 2.05) is 0 Å². The van der Waals surface area contributed by atoms with Gasteiger partial charge in [0, 0.05) is 48.5 Å². The third kappa shape index (κ3) is 4.46. The highest BCUT2D eigenvalue weighted by molar-refractivity contribution is 6.03. The molecule has 1 aliphatic heterocycles. The third-order valence-corrected chi connectivity index (χ3v) is 5.50. The molecule has 1 aliphatic rings. The van der Waals surface area contributed by atoms with E-state index in [1.165, 1.54) is 35.2 Å². The molecule has 9 nitrogen and oxygen atoms in total. The number of hydrogen-bond donors (Lipinski definition) is 2. The predicted molar refractivity (Wildman–Crippen MR) is 111 cm³/mol. The topological polar surface area (TPSA) is 126 Å². The number of rotatable bonds is 5. The quantitative estimate of drug-likeness (QED) is 0.604. The van der Waals surface area contributed by atoms with Crippen molar-refractivity contribution in [2.24, 2.45) is 16.1 Å². The van der Waals surface area contributed by atoms with E-state index in [9.17, 15) is 19.8 Å². The van der Waals surface area contributed by atoms with Gasteiger partial charge in [0.25, 0.3) is 11.8 Å². The minimum Gasteiger partial charge on any atom is -0.494 e. The zero-order chi connectivity index (χ0) is 21.8. The first-order chi connectivity index (χ1) is 15.0. The van der Waals surface area contributed by atoms with Crippen LogP contribution in [0.1, 0.15) is 40.0 Å². The third-order valence-electron chi connectivity index (χ3n) is 5.50. The number of fused-ring (bicyclic) bond motifs is 1. The van der Waals surface area contributed by atoms with Gasteiger partial charge >= 0.3 is 0 Å². The molecule has 2 amide bonds. The standard InChI is InChI=1S/C22H22N4O5/c27-19(24-25-20(28)16-2-1-8-23-13-16)15-3-4-17-18(12-15)22(30)26(21(17)29)9-5-14-6-10-31-11-7-14/h1-4,8,12-14,29-30H,5-7,9-11H2. The first kappa shape index (κ1) is 20.7. The average Bonchev–Trinajstić information content (AvgIpc) is 3.06. The lowest BCUT2D eigenvalue weighted by Crippen LogP contribution is -2.17. The summed E-state index contributed by atoms with van der Waals surface area (Å²) < 4.78 is 6.81. The van der Waals surface area contributed by atoms with E-state index in [-0.39, 0.29) is 22.9 Å². The number of hydrogen-bond acceptors (Lipinski definition) is 6. The predicted octanol–water partition coefficient (Wildman–Crippen LogP) is 3.70. The van der Waals surface area contributed by atoms with E-state index >= 15 is 0 Å². The lowest BCUT2D eigenvalue weighted by Gasteiger charge is -2.22. The van der Waals surface area contributed by atoms with Crippen molar-refractivity contribution < 1.29 is 24.5 Å². The minimum atomic E-state index is -0.729. The number of carbonyl (C=O) groups excluding carboxylic acids is 2. The summed E-state index contributed by atoms with van der Waals surface area (Å²) in [6, 6.07) is 7.56. The van der Waals surface area contributed by atoms with Crippen LogP contribution in [0.5, 0.6) is 11.8 Å². The Balaban J connectivity index is 1.52. The van der Waals surface area contributed by atoms with Crippen LogP contribution in [-0.4, -0.2) is 44.8 Å². The number of carbonyl (C=O) groups is 2. The van der Waals surface area contributed by atoms with Crippen LogP contribution in [-0.2, 0) is 11.3 Å². The molecule has 2 aromatic heterocycles. The van der Waals surface area contributed by atoms with Crippen molar-refractivity contribution in [1.82, 2.24) is 9.55 Å². The Bertz CT molecular complexity index is 1130. The number of amides is 2. The molecule has 0 spiro atoms. The van der Waals surface area contributed by atoms with Crippen LogP contribution in [0.2, 0.25) is 0 Å². The number of ether oxygens (including phenoxy) is 1. The van der Waals surface area contributed by atoms with E-state index in [0.29, 0.717) is 23.2 Å². The molecule has 0 radical (unpaired) electrons. The molecule has 0 bridgehead atoms. The van der Waals surface area contributed by atoms with Crippen molar-refractivity contribution >= 4 is 22.6 Å². The summed E-state index contributed by atoms with van der Waals surface area (Å²) in [7, 11) is 0. The maximum absolute atomic E-state index is 12.4. The molecule has 0 atom stereocenters. The second-order valence-corrected chi connectivity index (χ2v) is 7.46. The molecule has 0 saturated carbocycles. The lowest BCUT2D eigenvalue weighted by atomic mass is 9.97. The molecule has 2 N–H and O–H groups in total. The van der Waals surface area contributed by atoms with Gasteiger partial charge in [-0.05, 0) is 55.5 Å². The number of benzene rings is 1. The summed E-state index contributed by atoms with van der Waals surface area (Å²) >= 11 is 0. The Morgan fingerprint density at radius 2 is 1.74 bits per heavy atom. The molecular weight excluding hydrogens is 400 g/mol. The van der Waals surface area contributed by atoms with Crippen molar-refractivity contribution in [3.8, 4) is 11.8 Å². The zero-order valence-electron chi connectivity index (χ0n) is 16.8. The SMILES string of the molecule is O=C(N=NC(=O)c1ccc2c(O)n(CCC3CCOCC3)c(O)c2c1)c1cccnc1. The summed E-state index contributed by atoms with van der Waals surface area (Å²) in [5.41, 5.74) is 0.366. The lowest BCUT2D eigenvalue weighted by molar-refractivity contribution is 0.0623. The van der Waals surface area contributed by atoms with Gasteiger partial charge in [0.2, 0.25) is 11.8 Å². The smallest absolute Gasteiger partial charge is 0.297 e. The Labute approximate surface area is 178 Å². The molecule has 1 saturated heterocycles. The second kappa shape index (κ2) is 9.05. The number of azo groups is 1. The number of nitrogens with zero attached hydrogens (tertiary/aromatic N) is 4. The van der Waals surface area contributed by atoms with E-state index in [0.717, 1.165) is 32.5 Å². The maximum Gasteiger partial charge on any atom is 0.297 e. The van der Waals surface area contributed by atoms with Gasteiger partial charge in [-0.15, -0.1) is 10.2 Å². The minimum absolute atomic E-state index is 0.0491. The molecule has 4 rings (SSSR count). The fraction of sp³-hybridized carbons (Fsp3) is 0.318. The Morgan fingerprint density at radius 1 is 1.03 bits per heavy atom. The van der Waals surface area contributed by atoms with Crippen LogP contribution in [0, 0.1) is 5.92 Å². The second-order valence-electron chi connectivity index (χ2n) is 7.46. The van der Waals surface area contributed by atoms with E-state index in [2.05, 4.69) is 15.2 Å². The zero-order valence-corrected chi connectivity index (χ0v) is 16.8. The molecule has 31 heavy (non-hydrogen) atoms. The molecule has 1 aromatic carbocycles. The fourth-order valence-electron chi connectivity index (χ4n) is 3.70. The molecule has 0 unspecified atom stereocenters.